The van der Waals surface area contributed by atoms with E-state index in [-0.39, 0.29) is 6.09 Å². The van der Waals surface area contributed by atoms with Crippen LogP contribution in [0.5, 0.6) is 0 Å². The molecule has 1 fully saturated rings. The minimum Gasteiger partial charge on any atom is -0.450 e. The summed E-state index contributed by atoms with van der Waals surface area (Å²) in [5.74, 6) is -1.09. The molecule has 7 heteroatoms. The number of carbonyl (C=O) groups excluding carboxylic acids is 3. The highest BCUT2D eigenvalue weighted by atomic mass is 16.6. The van der Waals surface area contributed by atoms with Gasteiger partial charge in [-0.25, -0.2) is 4.79 Å². The molecule has 0 bridgehead atoms. The number of amides is 3. The molecule has 0 N–H and O–H groups in total. The van der Waals surface area contributed by atoms with E-state index < -0.39 is 11.8 Å². The molecule has 1 aliphatic heterocycles. The van der Waals surface area contributed by atoms with E-state index in [1.807, 2.05) is 25.1 Å². The van der Waals surface area contributed by atoms with E-state index in [4.69, 9.17) is 4.74 Å². The lowest BCUT2D eigenvalue weighted by Gasteiger charge is -2.34. The van der Waals surface area contributed by atoms with Gasteiger partial charge in [0, 0.05) is 38.4 Å². The Labute approximate surface area is 141 Å². The average molecular weight is 333 g/mol. The molecule has 0 saturated carbocycles. The molecule has 3 amide bonds. The van der Waals surface area contributed by atoms with E-state index in [0.29, 0.717) is 45.0 Å². The summed E-state index contributed by atoms with van der Waals surface area (Å²) in [6.07, 6.45) is -0.379. The van der Waals surface area contributed by atoms with Gasteiger partial charge in [-0.1, -0.05) is 18.2 Å². The van der Waals surface area contributed by atoms with Gasteiger partial charge in [-0.15, -0.1) is 0 Å². The number of para-hydroxylation sites is 1. The summed E-state index contributed by atoms with van der Waals surface area (Å²) in [6.45, 7) is 5.71. The van der Waals surface area contributed by atoms with Crippen LogP contribution in [0, 0.1) is 0 Å². The zero-order chi connectivity index (χ0) is 17.5. The van der Waals surface area contributed by atoms with Crippen LogP contribution in [0.25, 0.3) is 0 Å². The van der Waals surface area contributed by atoms with Gasteiger partial charge in [-0.05, 0) is 26.0 Å². The molecule has 1 aliphatic rings. The fourth-order valence-electron chi connectivity index (χ4n) is 2.61. The number of ether oxygens (including phenoxy) is 1. The fraction of sp³-hybridized carbons (Fsp3) is 0.471. The maximum atomic E-state index is 12.5. The number of carbonyl (C=O) groups is 3. The van der Waals surface area contributed by atoms with E-state index >= 15 is 0 Å². The molecule has 0 aromatic heterocycles. The van der Waals surface area contributed by atoms with Gasteiger partial charge in [0.1, 0.15) is 0 Å². The van der Waals surface area contributed by atoms with E-state index in [2.05, 4.69) is 0 Å². The molecular formula is C17H23N3O4. The number of rotatable bonds is 3. The van der Waals surface area contributed by atoms with Crippen molar-refractivity contribution < 1.29 is 19.1 Å². The minimum absolute atomic E-state index is 0.318. The van der Waals surface area contributed by atoms with Crippen molar-refractivity contribution in [3.8, 4) is 0 Å². The number of nitrogens with zero attached hydrogens (tertiary/aromatic N) is 3. The number of benzene rings is 1. The molecule has 0 radical (unpaired) electrons. The normalized spacial score (nSPS) is 14.2. The molecule has 1 heterocycles. The van der Waals surface area contributed by atoms with Crippen LogP contribution in [0.2, 0.25) is 0 Å². The second-order valence-corrected chi connectivity index (χ2v) is 5.36. The van der Waals surface area contributed by atoms with E-state index in [9.17, 15) is 14.4 Å². The number of piperazine rings is 1. The highest BCUT2D eigenvalue weighted by Crippen LogP contribution is 2.14. The van der Waals surface area contributed by atoms with Crippen LogP contribution in [0.15, 0.2) is 30.3 Å². The van der Waals surface area contributed by atoms with Crippen molar-refractivity contribution in [1.29, 1.82) is 0 Å². The van der Waals surface area contributed by atoms with E-state index in [1.165, 1.54) is 9.80 Å². The molecule has 24 heavy (non-hydrogen) atoms. The van der Waals surface area contributed by atoms with Crippen LogP contribution < -0.4 is 4.90 Å². The molecule has 1 saturated heterocycles. The Bertz CT molecular complexity index is 583. The quantitative estimate of drug-likeness (QED) is 0.783. The van der Waals surface area contributed by atoms with Crippen molar-refractivity contribution in [1.82, 2.24) is 9.80 Å². The average Bonchev–Trinajstić information content (AvgIpc) is 2.63. The lowest BCUT2D eigenvalue weighted by molar-refractivity contribution is -0.145. The van der Waals surface area contributed by atoms with Crippen molar-refractivity contribution in [2.45, 2.75) is 13.8 Å². The Kier molecular flexibility index (Phi) is 6.17. The van der Waals surface area contributed by atoms with Crippen molar-refractivity contribution in [3.05, 3.63) is 30.3 Å². The van der Waals surface area contributed by atoms with Crippen molar-refractivity contribution in [2.75, 3.05) is 44.2 Å². The standard InChI is InChI=1S/C17H23N3O4/c1-3-20(14-8-6-5-7-9-14)16(22)15(21)18-10-12-19(13-11-18)17(23)24-4-2/h5-9H,3-4,10-13H2,1-2H3. The Balaban J connectivity index is 1.97. The maximum absolute atomic E-state index is 12.5. The highest BCUT2D eigenvalue weighted by molar-refractivity contribution is 6.40. The first-order chi connectivity index (χ1) is 11.6. The summed E-state index contributed by atoms with van der Waals surface area (Å²) >= 11 is 0. The monoisotopic (exact) mass is 333 g/mol. The number of anilines is 1. The molecule has 0 spiro atoms. The fourth-order valence-corrected chi connectivity index (χ4v) is 2.61. The largest absolute Gasteiger partial charge is 0.450 e. The van der Waals surface area contributed by atoms with Crippen LogP contribution in [0.3, 0.4) is 0 Å². The topological polar surface area (TPSA) is 70.2 Å². The Morgan fingerprint density at radius 2 is 1.58 bits per heavy atom. The molecule has 7 nitrogen and oxygen atoms in total. The van der Waals surface area contributed by atoms with Crippen molar-refractivity contribution in [2.24, 2.45) is 0 Å². The Hall–Kier alpha value is -2.57. The zero-order valence-corrected chi connectivity index (χ0v) is 14.1. The number of hydrogen-bond acceptors (Lipinski definition) is 4. The molecule has 0 atom stereocenters. The van der Waals surface area contributed by atoms with Crippen LogP contribution in [0.4, 0.5) is 10.5 Å². The van der Waals surface area contributed by atoms with E-state index in [1.54, 1.807) is 24.0 Å². The third kappa shape index (κ3) is 4.04. The maximum Gasteiger partial charge on any atom is 0.409 e. The SMILES string of the molecule is CCOC(=O)N1CCN(C(=O)C(=O)N(CC)c2ccccc2)CC1. The van der Waals surface area contributed by atoms with Crippen LogP contribution in [-0.2, 0) is 14.3 Å². The predicted octanol–water partition coefficient (Wildman–Crippen LogP) is 1.34. The second-order valence-electron chi connectivity index (χ2n) is 5.36. The summed E-state index contributed by atoms with van der Waals surface area (Å²) < 4.78 is 4.95. The van der Waals surface area contributed by atoms with Crippen LogP contribution in [0.1, 0.15) is 13.8 Å². The van der Waals surface area contributed by atoms with Gasteiger partial charge in [0.2, 0.25) is 0 Å². The number of likely N-dealkylation sites (N-methyl/N-ethyl adjacent to an activating group) is 1. The first-order valence-electron chi connectivity index (χ1n) is 8.16. The third-order valence-electron chi connectivity index (χ3n) is 3.91. The highest BCUT2D eigenvalue weighted by Gasteiger charge is 2.31. The number of hydrogen-bond donors (Lipinski definition) is 0. The first-order valence-corrected chi connectivity index (χ1v) is 8.16. The van der Waals surface area contributed by atoms with Crippen LogP contribution in [-0.4, -0.2) is 67.0 Å². The summed E-state index contributed by atoms with van der Waals surface area (Å²) in [7, 11) is 0. The van der Waals surface area contributed by atoms with Gasteiger partial charge >= 0.3 is 17.9 Å². The van der Waals surface area contributed by atoms with E-state index in [0.717, 1.165) is 0 Å². The van der Waals surface area contributed by atoms with Gasteiger partial charge in [0.05, 0.1) is 6.61 Å². The van der Waals surface area contributed by atoms with Gasteiger partial charge in [0.15, 0.2) is 0 Å². The van der Waals surface area contributed by atoms with Gasteiger partial charge in [0.25, 0.3) is 0 Å². The molecule has 1 aromatic rings. The third-order valence-corrected chi connectivity index (χ3v) is 3.91. The van der Waals surface area contributed by atoms with Crippen molar-refractivity contribution >= 4 is 23.6 Å². The Morgan fingerprint density at radius 1 is 1.00 bits per heavy atom. The summed E-state index contributed by atoms with van der Waals surface area (Å²) in [6, 6.07) is 9.11. The zero-order valence-electron chi connectivity index (χ0n) is 14.1. The molecular weight excluding hydrogens is 310 g/mol. The van der Waals surface area contributed by atoms with Gasteiger partial charge < -0.3 is 19.4 Å². The van der Waals surface area contributed by atoms with Gasteiger partial charge in [-0.2, -0.15) is 0 Å². The summed E-state index contributed by atoms with van der Waals surface area (Å²) in [5, 5.41) is 0. The molecule has 1 aromatic carbocycles. The smallest absolute Gasteiger partial charge is 0.409 e. The lowest BCUT2D eigenvalue weighted by Crippen LogP contribution is -2.54. The van der Waals surface area contributed by atoms with Crippen LogP contribution >= 0.6 is 0 Å². The summed E-state index contributed by atoms with van der Waals surface area (Å²) in [4.78, 5) is 41.2. The second kappa shape index (κ2) is 8.33. The lowest BCUT2D eigenvalue weighted by atomic mass is 10.2. The summed E-state index contributed by atoms with van der Waals surface area (Å²) in [5.41, 5.74) is 0.698. The predicted molar refractivity (Wildman–Crippen MR) is 89.6 cm³/mol. The minimum atomic E-state index is -0.548. The van der Waals surface area contributed by atoms with Gasteiger partial charge in [-0.3, -0.25) is 9.59 Å². The van der Waals surface area contributed by atoms with Crippen molar-refractivity contribution in [3.63, 3.8) is 0 Å². The molecule has 0 aliphatic carbocycles. The molecule has 130 valence electrons. The molecule has 0 unspecified atom stereocenters. The Morgan fingerprint density at radius 3 is 2.12 bits per heavy atom. The molecule has 2 rings (SSSR count). The first kappa shape index (κ1) is 17.8.